The van der Waals surface area contributed by atoms with Crippen molar-refractivity contribution < 1.29 is 69.1 Å². The van der Waals surface area contributed by atoms with Crippen LogP contribution in [0.1, 0.15) is 15.9 Å². The van der Waals surface area contributed by atoms with Crippen LogP contribution in [-0.2, 0) is 0 Å². The molecule has 0 saturated heterocycles. The van der Waals surface area contributed by atoms with Crippen LogP contribution in [-0.4, -0.2) is 20.7 Å². The Kier molecular flexibility index (Phi) is 7.31. The molecule has 0 N–H and O–H groups in total. The maximum Gasteiger partial charge on any atom is 1.00 e. The van der Waals surface area contributed by atoms with Gasteiger partial charge in [0.1, 0.15) is 13.8 Å². The zero-order valence-electron chi connectivity index (χ0n) is 11.4. The van der Waals surface area contributed by atoms with E-state index in [9.17, 15) is 17.7 Å². The zero-order chi connectivity index (χ0) is 14.0. The number of hydrogen-bond donors (Lipinski definition) is 0. The third-order valence-corrected chi connectivity index (χ3v) is 2.92. The number of carbonyl (C=O) groups excluding carboxylic acids is 1. The molecular formula is C12H13BF3KOSi. The zero-order valence-corrected chi connectivity index (χ0v) is 15.6. The van der Waals surface area contributed by atoms with E-state index in [1.165, 1.54) is 24.3 Å². The van der Waals surface area contributed by atoms with E-state index in [2.05, 4.69) is 31.1 Å². The van der Waals surface area contributed by atoms with Crippen LogP contribution in [0.5, 0.6) is 0 Å². The average molecular weight is 308 g/mol. The summed E-state index contributed by atoms with van der Waals surface area (Å²) in [6, 6.07) is 5.24. The van der Waals surface area contributed by atoms with E-state index in [1.54, 1.807) is 0 Å². The molecule has 0 radical (unpaired) electrons. The first kappa shape index (κ1) is 19.2. The number of rotatable bonds is 2. The SMILES string of the molecule is C[Si](C)(C)C#Cc1ccc(C(=O)[B-](F)(F)F)cc1.[K+]. The predicted molar refractivity (Wildman–Crippen MR) is 70.1 cm³/mol. The Hall–Kier alpha value is 0.158. The molecule has 0 unspecified atom stereocenters. The van der Waals surface area contributed by atoms with Gasteiger partial charge in [-0.3, -0.25) is 0 Å². The van der Waals surface area contributed by atoms with Crippen LogP contribution in [0.25, 0.3) is 0 Å². The molecule has 1 nitrogen and oxygen atoms in total. The van der Waals surface area contributed by atoms with Gasteiger partial charge < -0.3 is 17.7 Å². The van der Waals surface area contributed by atoms with Gasteiger partial charge in [0.2, 0.25) is 0 Å². The minimum atomic E-state index is -5.46. The Morgan fingerprint density at radius 1 is 1.11 bits per heavy atom. The van der Waals surface area contributed by atoms with Crippen molar-refractivity contribution >= 4 is 20.7 Å². The van der Waals surface area contributed by atoms with Gasteiger partial charge in [0.25, 0.3) is 0 Å². The second kappa shape index (κ2) is 7.25. The second-order valence-corrected chi connectivity index (χ2v) is 9.77. The van der Waals surface area contributed by atoms with E-state index in [0.29, 0.717) is 5.56 Å². The molecule has 1 rings (SSSR count). The summed E-state index contributed by atoms with van der Waals surface area (Å²) in [6.07, 6.45) is 0. The fraction of sp³-hybridized carbons (Fsp3) is 0.250. The summed E-state index contributed by atoms with van der Waals surface area (Å²) in [6.45, 7) is 0.759. The van der Waals surface area contributed by atoms with Gasteiger partial charge in [-0.15, -0.1) is 5.54 Å². The van der Waals surface area contributed by atoms with Crippen LogP contribution in [0.4, 0.5) is 12.9 Å². The van der Waals surface area contributed by atoms with Crippen molar-refractivity contribution in [1.29, 1.82) is 0 Å². The van der Waals surface area contributed by atoms with Gasteiger partial charge in [-0.2, -0.15) is 0 Å². The molecule has 0 bridgehead atoms. The van der Waals surface area contributed by atoms with E-state index < -0.39 is 20.7 Å². The standard InChI is InChI=1S/C12H13BF3OSi.K/c1-18(2,3)9-8-10-4-6-11(7-5-10)12(17)13(14,15)16;/h4-7H,1-3H3;/q-1;+1. The van der Waals surface area contributed by atoms with Gasteiger partial charge in [-0.1, -0.05) is 37.7 Å². The first-order valence-corrected chi connectivity index (χ1v) is 8.97. The van der Waals surface area contributed by atoms with Gasteiger partial charge in [0.15, 0.2) is 0 Å². The molecule has 7 heteroatoms. The maximum absolute atomic E-state index is 12.2. The van der Waals surface area contributed by atoms with E-state index >= 15 is 0 Å². The Morgan fingerprint density at radius 2 is 1.58 bits per heavy atom. The molecule has 0 aliphatic carbocycles. The van der Waals surface area contributed by atoms with Gasteiger partial charge >= 0.3 is 58.4 Å². The Bertz CT molecular complexity index is 509. The molecule has 0 aromatic heterocycles. The minimum absolute atomic E-state index is 0. The average Bonchev–Trinajstić information content (AvgIpc) is 2.24. The molecule has 0 fully saturated rings. The molecule has 19 heavy (non-hydrogen) atoms. The van der Waals surface area contributed by atoms with Crippen molar-refractivity contribution in [2.24, 2.45) is 0 Å². The van der Waals surface area contributed by atoms with Crippen LogP contribution >= 0.6 is 0 Å². The summed E-state index contributed by atoms with van der Waals surface area (Å²) in [5, 5.41) is 0. The largest absolute Gasteiger partial charge is 1.00 e. The van der Waals surface area contributed by atoms with E-state index in [-0.39, 0.29) is 56.9 Å². The van der Waals surface area contributed by atoms with Crippen LogP contribution in [0.15, 0.2) is 24.3 Å². The molecular weight excluding hydrogens is 295 g/mol. The summed E-state index contributed by atoms with van der Waals surface area (Å²) in [7, 11) is -1.51. The van der Waals surface area contributed by atoms with Crippen molar-refractivity contribution in [2.75, 3.05) is 0 Å². The fourth-order valence-electron chi connectivity index (χ4n) is 1.17. The third-order valence-electron chi connectivity index (χ3n) is 2.05. The number of hydrogen-bond acceptors (Lipinski definition) is 1. The van der Waals surface area contributed by atoms with E-state index in [4.69, 9.17) is 0 Å². The van der Waals surface area contributed by atoms with Crippen molar-refractivity contribution in [3.63, 3.8) is 0 Å². The molecule has 0 atom stereocenters. The third kappa shape index (κ3) is 6.93. The van der Waals surface area contributed by atoms with Gasteiger partial charge in [0.05, 0.1) is 0 Å². The fourth-order valence-corrected chi connectivity index (χ4v) is 1.69. The normalized spacial score (nSPS) is 11.1. The topological polar surface area (TPSA) is 17.1 Å². The molecule has 96 valence electrons. The minimum Gasteiger partial charge on any atom is -0.443 e. The van der Waals surface area contributed by atoms with Crippen molar-refractivity contribution in [3.05, 3.63) is 35.4 Å². The summed E-state index contributed by atoms with van der Waals surface area (Å²) in [5.41, 5.74) is 1.63. The van der Waals surface area contributed by atoms with Crippen LogP contribution in [0, 0.1) is 11.5 Å². The Labute approximate surface area is 154 Å². The number of benzene rings is 1. The first-order chi connectivity index (χ1) is 8.09. The Morgan fingerprint density at radius 3 is 1.95 bits per heavy atom. The van der Waals surface area contributed by atoms with Crippen molar-refractivity contribution in [3.8, 4) is 11.5 Å². The van der Waals surface area contributed by atoms with Gasteiger partial charge in [0, 0.05) is 5.56 Å². The predicted octanol–water partition coefficient (Wildman–Crippen LogP) is 0.489. The molecule has 0 saturated carbocycles. The van der Waals surface area contributed by atoms with Crippen molar-refractivity contribution in [1.82, 2.24) is 0 Å². The van der Waals surface area contributed by atoms with Crippen LogP contribution in [0.2, 0.25) is 19.6 Å². The molecule has 0 amide bonds. The number of halogens is 3. The molecule has 1 aromatic rings. The smallest absolute Gasteiger partial charge is 0.443 e. The first-order valence-electron chi connectivity index (χ1n) is 5.47. The second-order valence-electron chi connectivity index (χ2n) is 5.02. The summed E-state index contributed by atoms with van der Waals surface area (Å²) >= 11 is 0. The summed E-state index contributed by atoms with van der Waals surface area (Å²) < 4.78 is 36.7. The summed E-state index contributed by atoms with van der Waals surface area (Å²) in [5.74, 6) is 2.91. The van der Waals surface area contributed by atoms with E-state index in [0.717, 1.165) is 0 Å². The van der Waals surface area contributed by atoms with Gasteiger partial charge in [-0.25, -0.2) is 0 Å². The van der Waals surface area contributed by atoms with Gasteiger partial charge in [-0.05, 0) is 17.7 Å². The monoisotopic (exact) mass is 308 g/mol. The molecule has 0 aliphatic rings. The van der Waals surface area contributed by atoms with Crippen LogP contribution < -0.4 is 51.4 Å². The summed E-state index contributed by atoms with van der Waals surface area (Å²) in [4.78, 5) is 11.0. The molecule has 0 aliphatic heterocycles. The van der Waals surface area contributed by atoms with Crippen LogP contribution in [0.3, 0.4) is 0 Å². The maximum atomic E-state index is 12.2. The molecule has 0 heterocycles. The number of carbonyl (C=O) groups is 1. The Balaban J connectivity index is 0.00000324. The molecule has 0 spiro atoms. The van der Waals surface area contributed by atoms with Crippen molar-refractivity contribution in [2.45, 2.75) is 19.6 Å². The molecule has 1 aromatic carbocycles. The quantitative estimate of drug-likeness (QED) is 0.574. The van der Waals surface area contributed by atoms with E-state index in [1.807, 2.05) is 0 Å².